The summed E-state index contributed by atoms with van der Waals surface area (Å²) in [6.07, 6.45) is 5.07. The van der Waals surface area contributed by atoms with Crippen molar-refractivity contribution in [2.45, 2.75) is 6.54 Å². The van der Waals surface area contributed by atoms with Crippen LogP contribution in [0, 0.1) is 0 Å². The minimum Gasteiger partial charge on any atom is -0.324 e. The van der Waals surface area contributed by atoms with Crippen LogP contribution in [0.1, 0.15) is 0 Å². The molecule has 0 aliphatic carbocycles. The van der Waals surface area contributed by atoms with Gasteiger partial charge in [0.15, 0.2) is 17.2 Å². The molecule has 0 saturated carbocycles. The van der Waals surface area contributed by atoms with Gasteiger partial charge in [-0.25, -0.2) is 9.97 Å². The van der Waals surface area contributed by atoms with Crippen LogP contribution in [-0.4, -0.2) is 32.6 Å². The Kier molecular flexibility index (Phi) is 4.13. The summed E-state index contributed by atoms with van der Waals surface area (Å²) in [5, 5.41) is 0. The highest BCUT2D eigenvalue weighted by Gasteiger charge is 2.22. The van der Waals surface area contributed by atoms with E-state index < -0.39 is 7.60 Å². The van der Waals surface area contributed by atoms with Crippen LogP contribution in [0.5, 0.6) is 0 Å². The summed E-state index contributed by atoms with van der Waals surface area (Å²) < 4.78 is 21.5. The lowest BCUT2D eigenvalue weighted by atomic mass is 10.5. The first-order chi connectivity index (χ1) is 8.61. The zero-order valence-electron chi connectivity index (χ0n) is 9.63. The van der Waals surface area contributed by atoms with Gasteiger partial charge in [-0.2, -0.15) is 0 Å². The fourth-order valence-electron chi connectivity index (χ4n) is 1.23. The highest BCUT2D eigenvalue weighted by atomic mass is 32.1. The molecule has 2 heterocycles. The average Bonchev–Trinajstić information content (AvgIpc) is 2.86. The molecule has 0 aliphatic rings. The number of hydrogen-bond acceptors (Lipinski definition) is 6. The molecule has 0 radical (unpaired) electrons. The first-order valence-electron chi connectivity index (χ1n) is 5.12. The SMILES string of the molecule is COP(=O)(O)CC[n+]1cc(-c2ncccn2)sn1. The van der Waals surface area contributed by atoms with Gasteiger partial charge < -0.3 is 9.42 Å². The van der Waals surface area contributed by atoms with E-state index in [1.54, 1.807) is 29.3 Å². The van der Waals surface area contributed by atoms with E-state index in [9.17, 15) is 9.46 Å². The molecule has 18 heavy (non-hydrogen) atoms. The van der Waals surface area contributed by atoms with Gasteiger partial charge in [-0.3, -0.25) is 4.57 Å². The van der Waals surface area contributed by atoms with Crippen LogP contribution in [0.15, 0.2) is 24.7 Å². The maximum absolute atomic E-state index is 11.3. The number of nitrogens with zero attached hydrogens (tertiary/aromatic N) is 4. The zero-order valence-corrected chi connectivity index (χ0v) is 11.3. The highest BCUT2D eigenvalue weighted by molar-refractivity contribution is 7.52. The van der Waals surface area contributed by atoms with E-state index in [0.717, 1.165) is 4.88 Å². The Hall–Kier alpha value is -1.21. The van der Waals surface area contributed by atoms with Crippen LogP contribution in [0.4, 0.5) is 0 Å². The number of hydrogen-bond donors (Lipinski definition) is 1. The Labute approximate surface area is 108 Å². The third kappa shape index (κ3) is 3.39. The van der Waals surface area contributed by atoms with E-state index in [1.807, 2.05) is 0 Å². The largest absolute Gasteiger partial charge is 0.334 e. The highest BCUT2D eigenvalue weighted by Crippen LogP contribution is 2.39. The van der Waals surface area contributed by atoms with Gasteiger partial charge >= 0.3 is 7.60 Å². The summed E-state index contributed by atoms with van der Waals surface area (Å²) >= 11 is 1.24. The van der Waals surface area contributed by atoms with Crippen LogP contribution < -0.4 is 4.68 Å². The van der Waals surface area contributed by atoms with Crippen LogP contribution >= 0.6 is 19.1 Å². The van der Waals surface area contributed by atoms with Gasteiger partial charge in [0.2, 0.25) is 6.20 Å². The Balaban J connectivity index is 2.05. The molecule has 0 bridgehead atoms. The van der Waals surface area contributed by atoms with Gasteiger partial charge in [0.05, 0.1) is 4.49 Å². The third-order valence-electron chi connectivity index (χ3n) is 2.19. The number of rotatable bonds is 5. The quantitative estimate of drug-likeness (QED) is 0.644. The molecule has 0 spiro atoms. The van der Waals surface area contributed by atoms with Gasteiger partial charge in [0.25, 0.3) is 0 Å². The predicted octanol–water partition coefficient (Wildman–Crippen LogP) is 0.719. The van der Waals surface area contributed by atoms with Gasteiger partial charge in [0, 0.05) is 31.0 Å². The first-order valence-corrected chi connectivity index (χ1v) is 7.66. The molecule has 1 unspecified atom stereocenters. The Morgan fingerprint density at radius 1 is 1.50 bits per heavy atom. The molecule has 96 valence electrons. The third-order valence-corrected chi connectivity index (χ3v) is 4.31. The van der Waals surface area contributed by atoms with Crippen molar-refractivity contribution < 1.29 is 18.7 Å². The molecule has 1 atom stereocenters. The van der Waals surface area contributed by atoms with Crippen molar-refractivity contribution in [3.05, 3.63) is 24.7 Å². The molecule has 0 amide bonds. The standard InChI is InChI=1S/C9H11N4O3PS/c1-16-17(14,15)6-5-13-7-8(18-12-13)9-10-3-2-4-11-9/h2-4,7H,5-6H2,1H3/p+1. The molecule has 0 aliphatic heterocycles. The van der Waals surface area contributed by atoms with E-state index in [-0.39, 0.29) is 6.16 Å². The summed E-state index contributed by atoms with van der Waals surface area (Å²) in [6.45, 7) is 0.310. The van der Waals surface area contributed by atoms with Gasteiger partial charge in [-0.15, -0.1) is 0 Å². The topological polar surface area (TPSA) is 89.1 Å². The fraction of sp³-hybridized carbons (Fsp3) is 0.333. The molecule has 7 nitrogen and oxygen atoms in total. The van der Waals surface area contributed by atoms with Crippen molar-refractivity contribution in [3.63, 3.8) is 0 Å². The molecule has 0 aromatic carbocycles. The second-order valence-corrected chi connectivity index (χ2v) is 6.32. The molecular formula is C9H12N4O3PS+. The maximum atomic E-state index is 11.3. The van der Waals surface area contributed by atoms with Crippen molar-refractivity contribution >= 4 is 19.1 Å². The van der Waals surface area contributed by atoms with Crippen molar-refractivity contribution in [2.24, 2.45) is 0 Å². The molecule has 2 aromatic heterocycles. The lowest BCUT2D eigenvalue weighted by Crippen LogP contribution is -2.36. The van der Waals surface area contributed by atoms with Gasteiger partial charge in [-0.05, 0) is 6.07 Å². The fourth-order valence-corrected chi connectivity index (χ4v) is 2.55. The second-order valence-electron chi connectivity index (χ2n) is 3.45. The van der Waals surface area contributed by atoms with Crippen LogP contribution in [0.25, 0.3) is 10.7 Å². The average molecular weight is 287 g/mol. The lowest BCUT2D eigenvalue weighted by Gasteiger charge is -2.03. The van der Waals surface area contributed by atoms with Crippen molar-refractivity contribution in [1.29, 1.82) is 0 Å². The summed E-state index contributed by atoms with van der Waals surface area (Å²) in [6, 6.07) is 1.74. The van der Waals surface area contributed by atoms with Crippen LogP contribution in [0.3, 0.4) is 0 Å². The monoisotopic (exact) mass is 287 g/mol. The first kappa shape index (κ1) is 13.2. The van der Waals surface area contributed by atoms with Gasteiger partial charge in [0.1, 0.15) is 6.16 Å². The summed E-state index contributed by atoms with van der Waals surface area (Å²) in [5.41, 5.74) is 0. The minimum absolute atomic E-state index is 0.0208. The molecule has 0 saturated heterocycles. The van der Waals surface area contributed by atoms with Crippen molar-refractivity contribution in [3.8, 4) is 10.7 Å². The summed E-state index contributed by atoms with van der Waals surface area (Å²) in [4.78, 5) is 18.3. The molecule has 9 heteroatoms. The Morgan fingerprint density at radius 2 is 2.22 bits per heavy atom. The molecule has 2 rings (SSSR count). The predicted molar refractivity (Wildman–Crippen MR) is 65.0 cm³/mol. The smallest absolute Gasteiger partial charge is 0.324 e. The molecular weight excluding hydrogens is 275 g/mol. The Bertz CT molecular complexity index is 562. The lowest BCUT2D eigenvalue weighted by molar-refractivity contribution is -0.742. The number of aromatic nitrogens is 4. The molecule has 0 fully saturated rings. The molecule has 1 N–H and O–H groups in total. The van der Waals surface area contributed by atoms with E-state index in [1.165, 1.54) is 18.6 Å². The zero-order chi connectivity index (χ0) is 13.0. The summed E-state index contributed by atoms with van der Waals surface area (Å²) in [5.74, 6) is 0.590. The number of aryl methyl sites for hydroxylation is 1. The van der Waals surface area contributed by atoms with E-state index in [0.29, 0.717) is 12.4 Å². The van der Waals surface area contributed by atoms with Crippen molar-refractivity contribution in [1.82, 2.24) is 14.5 Å². The minimum atomic E-state index is -3.49. The van der Waals surface area contributed by atoms with Gasteiger partial charge in [-0.1, -0.05) is 4.68 Å². The van der Waals surface area contributed by atoms with Crippen LogP contribution in [0.2, 0.25) is 0 Å². The second kappa shape index (κ2) is 5.62. The molecule has 2 aromatic rings. The van der Waals surface area contributed by atoms with Crippen molar-refractivity contribution in [2.75, 3.05) is 13.3 Å². The Morgan fingerprint density at radius 3 is 2.89 bits per heavy atom. The van der Waals surface area contributed by atoms with E-state index in [2.05, 4.69) is 19.0 Å². The van der Waals surface area contributed by atoms with Crippen LogP contribution in [-0.2, 0) is 15.6 Å². The van der Waals surface area contributed by atoms with E-state index >= 15 is 0 Å². The maximum Gasteiger partial charge on any atom is 0.334 e. The van der Waals surface area contributed by atoms with E-state index in [4.69, 9.17) is 0 Å². The summed E-state index contributed by atoms with van der Waals surface area (Å²) in [7, 11) is -2.27. The normalized spacial score (nSPS) is 14.3.